The van der Waals surface area contributed by atoms with Crippen molar-refractivity contribution in [3.8, 4) is 5.75 Å². The molecular formula is C18H23NO2. The largest absolute Gasteiger partial charge is 0.493 e. The molecule has 0 amide bonds. The van der Waals surface area contributed by atoms with Gasteiger partial charge in [-0.15, -0.1) is 0 Å². The molecule has 0 spiro atoms. The van der Waals surface area contributed by atoms with Crippen molar-refractivity contribution >= 4 is 10.8 Å². The summed E-state index contributed by atoms with van der Waals surface area (Å²) >= 11 is 0. The van der Waals surface area contributed by atoms with Crippen molar-refractivity contribution in [2.45, 2.75) is 31.2 Å². The molecule has 1 aliphatic carbocycles. The second-order valence-electron chi connectivity index (χ2n) is 6.09. The lowest BCUT2D eigenvalue weighted by Crippen LogP contribution is -2.47. The minimum absolute atomic E-state index is 0.0753. The third-order valence-corrected chi connectivity index (χ3v) is 4.78. The molecule has 0 saturated heterocycles. The third kappa shape index (κ3) is 2.89. The van der Waals surface area contributed by atoms with Crippen LogP contribution in [-0.4, -0.2) is 23.9 Å². The Kier molecular flexibility index (Phi) is 4.13. The first-order chi connectivity index (χ1) is 10.2. The number of aliphatic hydroxyl groups is 1. The summed E-state index contributed by atoms with van der Waals surface area (Å²) in [5.74, 6) is 1.29. The zero-order chi connectivity index (χ0) is 14.7. The molecule has 21 heavy (non-hydrogen) atoms. The molecule has 1 fully saturated rings. The highest BCUT2D eigenvalue weighted by atomic mass is 16.5. The molecular weight excluding hydrogens is 262 g/mol. The Labute approximate surface area is 125 Å². The van der Waals surface area contributed by atoms with Gasteiger partial charge in [-0.25, -0.2) is 0 Å². The maximum Gasteiger partial charge on any atom is 0.127 e. The van der Waals surface area contributed by atoms with Crippen LogP contribution in [0.4, 0.5) is 0 Å². The zero-order valence-electron chi connectivity index (χ0n) is 12.3. The Morgan fingerprint density at radius 1 is 1.19 bits per heavy atom. The van der Waals surface area contributed by atoms with E-state index in [-0.39, 0.29) is 6.61 Å². The molecule has 3 heteroatoms. The van der Waals surface area contributed by atoms with E-state index in [4.69, 9.17) is 10.5 Å². The average molecular weight is 285 g/mol. The van der Waals surface area contributed by atoms with E-state index in [0.29, 0.717) is 12.5 Å². The van der Waals surface area contributed by atoms with Gasteiger partial charge in [0.25, 0.3) is 0 Å². The summed E-state index contributed by atoms with van der Waals surface area (Å²) in [4.78, 5) is 0. The zero-order valence-corrected chi connectivity index (χ0v) is 12.3. The summed E-state index contributed by atoms with van der Waals surface area (Å²) in [5, 5.41) is 11.8. The fraction of sp³-hybridized carbons (Fsp3) is 0.444. The molecule has 112 valence electrons. The van der Waals surface area contributed by atoms with Crippen molar-refractivity contribution in [3.63, 3.8) is 0 Å². The molecule has 0 aromatic heterocycles. The van der Waals surface area contributed by atoms with Crippen molar-refractivity contribution < 1.29 is 9.84 Å². The maximum absolute atomic E-state index is 9.49. The van der Waals surface area contributed by atoms with Crippen LogP contribution in [0.15, 0.2) is 42.5 Å². The topological polar surface area (TPSA) is 55.5 Å². The highest BCUT2D eigenvalue weighted by molar-refractivity contribution is 5.88. The van der Waals surface area contributed by atoms with Crippen LogP contribution in [0.1, 0.15) is 25.7 Å². The summed E-state index contributed by atoms with van der Waals surface area (Å²) in [5.41, 5.74) is 5.87. The molecule has 0 heterocycles. The molecule has 3 rings (SSSR count). The van der Waals surface area contributed by atoms with Crippen LogP contribution in [0, 0.1) is 5.92 Å². The number of ether oxygens (including phenoxy) is 1. The molecule has 0 bridgehead atoms. The van der Waals surface area contributed by atoms with E-state index in [1.807, 2.05) is 24.3 Å². The van der Waals surface area contributed by atoms with E-state index in [9.17, 15) is 5.11 Å². The highest BCUT2D eigenvalue weighted by Gasteiger charge is 2.38. The number of rotatable bonds is 5. The van der Waals surface area contributed by atoms with E-state index >= 15 is 0 Å². The smallest absolute Gasteiger partial charge is 0.127 e. The number of nitrogens with two attached hydrogens (primary N) is 1. The quantitative estimate of drug-likeness (QED) is 0.887. The predicted molar refractivity (Wildman–Crippen MR) is 85.4 cm³/mol. The van der Waals surface area contributed by atoms with Crippen molar-refractivity contribution in [2.75, 3.05) is 13.2 Å². The van der Waals surface area contributed by atoms with Crippen LogP contribution in [-0.2, 0) is 0 Å². The second kappa shape index (κ2) is 6.04. The standard InChI is InChI=1S/C18H23NO2/c19-18(13-20)11-4-7-15(18)10-12-21-17-9-3-6-14-5-1-2-8-16(14)17/h1-3,5-6,8-9,15,20H,4,7,10-13,19H2. The van der Waals surface area contributed by atoms with Gasteiger partial charge in [0, 0.05) is 10.9 Å². The number of fused-ring (bicyclic) bond motifs is 1. The monoisotopic (exact) mass is 285 g/mol. The molecule has 1 aliphatic rings. The van der Waals surface area contributed by atoms with Gasteiger partial charge < -0.3 is 15.6 Å². The lowest BCUT2D eigenvalue weighted by atomic mass is 9.87. The first-order valence-corrected chi connectivity index (χ1v) is 7.73. The molecule has 2 atom stereocenters. The van der Waals surface area contributed by atoms with Gasteiger partial charge in [-0.1, -0.05) is 42.8 Å². The number of aliphatic hydroxyl groups excluding tert-OH is 1. The van der Waals surface area contributed by atoms with Gasteiger partial charge in [0.1, 0.15) is 5.75 Å². The van der Waals surface area contributed by atoms with Crippen molar-refractivity contribution in [3.05, 3.63) is 42.5 Å². The van der Waals surface area contributed by atoms with Gasteiger partial charge >= 0.3 is 0 Å². The van der Waals surface area contributed by atoms with Crippen LogP contribution >= 0.6 is 0 Å². The van der Waals surface area contributed by atoms with Crippen LogP contribution in [0.3, 0.4) is 0 Å². The molecule has 0 radical (unpaired) electrons. The van der Waals surface area contributed by atoms with Crippen molar-refractivity contribution in [1.82, 2.24) is 0 Å². The third-order valence-electron chi connectivity index (χ3n) is 4.78. The summed E-state index contributed by atoms with van der Waals surface area (Å²) in [7, 11) is 0. The Morgan fingerprint density at radius 2 is 2.00 bits per heavy atom. The normalized spacial score (nSPS) is 25.3. The Bertz CT molecular complexity index is 608. The summed E-state index contributed by atoms with van der Waals surface area (Å²) in [6, 6.07) is 14.4. The summed E-state index contributed by atoms with van der Waals surface area (Å²) in [6.45, 7) is 0.726. The first kappa shape index (κ1) is 14.4. The van der Waals surface area contributed by atoms with Gasteiger partial charge in [0.2, 0.25) is 0 Å². The van der Waals surface area contributed by atoms with E-state index in [1.165, 1.54) is 5.39 Å². The number of benzene rings is 2. The van der Waals surface area contributed by atoms with Crippen LogP contribution in [0.25, 0.3) is 10.8 Å². The van der Waals surface area contributed by atoms with Crippen LogP contribution in [0.5, 0.6) is 5.75 Å². The Balaban J connectivity index is 1.65. The Morgan fingerprint density at radius 3 is 2.86 bits per heavy atom. The van der Waals surface area contributed by atoms with Crippen LogP contribution < -0.4 is 10.5 Å². The summed E-state index contributed by atoms with van der Waals surface area (Å²) < 4.78 is 5.98. The van der Waals surface area contributed by atoms with Gasteiger partial charge in [0.15, 0.2) is 0 Å². The van der Waals surface area contributed by atoms with Gasteiger partial charge in [-0.3, -0.25) is 0 Å². The molecule has 2 aromatic carbocycles. The van der Waals surface area contributed by atoms with E-state index in [1.54, 1.807) is 0 Å². The minimum atomic E-state index is -0.401. The average Bonchev–Trinajstić information content (AvgIpc) is 2.89. The molecule has 2 aromatic rings. The second-order valence-corrected chi connectivity index (χ2v) is 6.09. The number of hydrogen-bond donors (Lipinski definition) is 2. The molecule has 3 N–H and O–H groups in total. The van der Waals surface area contributed by atoms with Gasteiger partial charge in [0.05, 0.1) is 13.2 Å². The maximum atomic E-state index is 9.49. The van der Waals surface area contributed by atoms with Gasteiger partial charge in [-0.2, -0.15) is 0 Å². The fourth-order valence-corrected chi connectivity index (χ4v) is 3.44. The minimum Gasteiger partial charge on any atom is -0.493 e. The van der Waals surface area contributed by atoms with Crippen molar-refractivity contribution in [1.29, 1.82) is 0 Å². The van der Waals surface area contributed by atoms with Crippen molar-refractivity contribution in [2.24, 2.45) is 11.7 Å². The molecule has 3 nitrogen and oxygen atoms in total. The first-order valence-electron chi connectivity index (χ1n) is 7.73. The Hall–Kier alpha value is -1.58. The highest BCUT2D eigenvalue weighted by Crippen LogP contribution is 2.36. The summed E-state index contributed by atoms with van der Waals surface area (Å²) in [6.07, 6.45) is 4.02. The lowest BCUT2D eigenvalue weighted by Gasteiger charge is -2.29. The SMILES string of the molecule is NC1(CO)CCCC1CCOc1cccc2ccccc12. The fourth-order valence-electron chi connectivity index (χ4n) is 3.44. The van der Waals surface area contributed by atoms with E-state index in [2.05, 4.69) is 18.2 Å². The number of hydrogen-bond acceptors (Lipinski definition) is 3. The predicted octanol–water partition coefficient (Wildman–Crippen LogP) is 3.10. The molecule has 0 aliphatic heterocycles. The molecule has 2 unspecified atom stereocenters. The lowest BCUT2D eigenvalue weighted by molar-refractivity contribution is 0.143. The van der Waals surface area contributed by atoms with Gasteiger partial charge in [-0.05, 0) is 36.6 Å². The molecule has 1 saturated carbocycles. The van der Waals surface area contributed by atoms with E-state index < -0.39 is 5.54 Å². The van der Waals surface area contributed by atoms with Crippen LogP contribution in [0.2, 0.25) is 0 Å². The van der Waals surface area contributed by atoms with E-state index in [0.717, 1.165) is 36.8 Å².